The lowest BCUT2D eigenvalue weighted by Crippen LogP contribution is -2.41. The summed E-state index contributed by atoms with van der Waals surface area (Å²) in [7, 11) is 0. The number of aliphatic carboxylic acids is 1. The van der Waals surface area contributed by atoms with E-state index in [2.05, 4.69) is 5.32 Å². The van der Waals surface area contributed by atoms with Gasteiger partial charge in [0.1, 0.15) is 0 Å². The van der Waals surface area contributed by atoms with Gasteiger partial charge in [-0.05, 0) is 5.56 Å². The third-order valence-electron chi connectivity index (χ3n) is 2.63. The number of ether oxygens (including phenoxy) is 1. The van der Waals surface area contributed by atoms with E-state index >= 15 is 0 Å². The van der Waals surface area contributed by atoms with Crippen LogP contribution in [0.1, 0.15) is 18.1 Å². The van der Waals surface area contributed by atoms with E-state index in [0.29, 0.717) is 6.54 Å². The van der Waals surface area contributed by atoms with Gasteiger partial charge in [-0.15, -0.1) is 0 Å². The van der Waals surface area contributed by atoms with E-state index in [-0.39, 0.29) is 18.6 Å². The average molecular weight is 221 g/mol. The zero-order valence-corrected chi connectivity index (χ0v) is 8.93. The Bertz CT molecular complexity index is 353. The summed E-state index contributed by atoms with van der Waals surface area (Å²) in [6, 6.07) is 9.86. The molecule has 1 aromatic carbocycles. The number of rotatable bonds is 3. The van der Waals surface area contributed by atoms with Gasteiger partial charge in [0.25, 0.3) is 0 Å². The highest BCUT2D eigenvalue weighted by Gasteiger charge is 2.24. The van der Waals surface area contributed by atoms with Gasteiger partial charge >= 0.3 is 5.97 Å². The Morgan fingerprint density at radius 2 is 2.12 bits per heavy atom. The van der Waals surface area contributed by atoms with E-state index in [1.807, 2.05) is 30.3 Å². The van der Waals surface area contributed by atoms with Crippen molar-refractivity contribution in [3.63, 3.8) is 0 Å². The second-order valence-electron chi connectivity index (χ2n) is 3.91. The van der Waals surface area contributed by atoms with Crippen LogP contribution in [0.25, 0.3) is 0 Å². The largest absolute Gasteiger partial charge is 0.481 e. The smallest absolute Gasteiger partial charge is 0.306 e. The van der Waals surface area contributed by atoms with Gasteiger partial charge in [0.2, 0.25) is 0 Å². The molecule has 4 heteroatoms. The second-order valence-corrected chi connectivity index (χ2v) is 3.91. The fourth-order valence-corrected chi connectivity index (χ4v) is 1.88. The Hall–Kier alpha value is -1.39. The van der Waals surface area contributed by atoms with E-state index in [1.165, 1.54) is 0 Å². The van der Waals surface area contributed by atoms with E-state index in [4.69, 9.17) is 9.84 Å². The van der Waals surface area contributed by atoms with Gasteiger partial charge in [0.05, 0.1) is 18.6 Å². The van der Waals surface area contributed by atoms with Crippen LogP contribution in [0.5, 0.6) is 0 Å². The summed E-state index contributed by atoms with van der Waals surface area (Å²) in [6.07, 6.45) is -0.230. The van der Waals surface area contributed by atoms with Crippen LogP contribution in [-0.4, -0.2) is 30.3 Å². The van der Waals surface area contributed by atoms with Crippen molar-refractivity contribution in [1.29, 1.82) is 0 Å². The lowest BCUT2D eigenvalue weighted by atomic mass is 10.1. The molecule has 86 valence electrons. The van der Waals surface area contributed by atoms with Crippen LogP contribution in [-0.2, 0) is 9.53 Å². The van der Waals surface area contributed by atoms with Crippen molar-refractivity contribution in [3.05, 3.63) is 35.9 Å². The average Bonchev–Trinajstić information content (AvgIpc) is 2.30. The molecule has 0 aromatic heterocycles. The molecular formula is C12H15NO3. The molecule has 1 fully saturated rings. The molecule has 0 spiro atoms. The lowest BCUT2D eigenvalue weighted by molar-refractivity contribution is -0.142. The highest BCUT2D eigenvalue weighted by Crippen LogP contribution is 2.22. The maximum Gasteiger partial charge on any atom is 0.306 e. The van der Waals surface area contributed by atoms with Gasteiger partial charge in [0.15, 0.2) is 0 Å². The Balaban J connectivity index is 1.99. The molecule has 1 saturated heterocycles. The van der Waals surface area contributed by atoms with E-state index in [1.54, 1.807) is 0 Å². The SMILES string of the molecule is O=C(O)CC1CNCC(c2ccccc2)O1. The molecule has 0 saturated carbocycles. The topological polar surface area (TPSA) is 58.6 Å². The van der Waals surface area contributed by atoms with Gasteiger partial charge < -0.3 is 15.2 Å². The fourth-order valence-electron chi connectivity index (χ4n) is 1.88. The molecule has 2 atom stereocenters. The number of hydrogen-bond donors (Lipinski definition) is 2. The number of hydrogen-bond acceptors (Lipinski definition) is 3. The van der Waals surface area contributed by atoms with Crippen molar-refractivity contribution in [1.82, 2.24) is 5.32 Å². The standard InChI is InChI=1S/C12H15NO3/c14-12(15)6-10-7-13-8-11(16-10)9-4-2-1-3-5-9/h1-5,10-11,13H,6-8H2,(H,14,15). The first-order chi connectivity index (χ1) is 7.75. The van der Waals surface area contributed by atoms with Crippen LogP contribution in [0.2, 0.25) is 0 Å². The molecule has 1 heterocycles. The fraction of sp³-hybridized carbons (Fsp3) is 0.417. The van der Waals surface area contributed by atoms with Gasteiger partial charge in [-0.1, -0.05) is 30.3 Å². The van der Waals surface area contributed by atoms with E-state index in [0.717, 1.165) is 12.1 Å². The normalized spacial score (nSPS) is 25.2. The number of carboxylic acids is 1. The van der Waals surface area contributed by atoms with Gasteiger partial charge in [-0.2, -0.15) is 0 Å². The molecule has 4 nitrogen and oxygen atoms in total. The number of carbonyl (C=O) groups is 1. The van der Waals surface area contributed by atoms with Crippen LogP contribution in [0, 0.1) is 0 Å². The number of morpholine rings is 1. The minimum atomic E-state index is -0.819. The van der Waals surface area contributed by atoms with Gasteiger partial charge in [0, 0.05) is 13.1 Å². The summed E-state index contributed by atoms with van der Waals surface area (Å²) in [6.45, 7) is 1.34. The van der Waals surface area contributed by atoms with Crippen molar-refractivity contribution in [2.75, 3.05) is 13.1 Å². The molecule has 2 N–H and O–H groups in total. The highest BCUT2D eigenvalue weighted by molar-refractivity contribution is 5.67. The predicted octanol–water partition coefficient (Wildman–Crippen LogP) is 1.19. The van der Waals surface area contributed by atoms with Crippen LogP contribution in [0.4, 0.5) is 0 Å². The second kappa shape index (κ2) is 5.09. The Kier molecular flexibility index (Phi) is 3.54. The summed E-state index contributed by atoms with van der Waals surface area (Å²) in [5.74, 6) is -0.819. The van der Waals surface area contributed by atoms with Crippen LogP contribution >= 0.6 is 0 Å². The molecule has 2 unspecified atom stereocenters. The van der Waals surface area contributed by atoms with Crippen LogP contribution in [0.15, 0.2) is 30.3 Å². The van der Waals surface area contributed by atoms with Crippen molar-refractivity contribution < 1.29 is 14.6 Å². The monoisotopic (exact) mass is 221 g/mol. The summed E-state index contributed by atoms with van der Waals surface area (Å²) < 4.78 is 5.74. The van der Waals surface area contributed by atoms with Crippen LogP contribution in [0.3, 0.4) is 0 Å². The molecule has 2 rings (SSSR count). The van der Waals surface area contributed by atoms with Gasteiger partial charge in [-0.3, -0.25) is 4.79 Å². The van der Waals surface area contributed by atoms with Crippen molar-refractivity contribution in [2.24, 2.45) is 0 Å². The molecule has 0 bridgehead atoms. The van der Waals surface area contributed by atoms with Crippen molar-refractivity contribution in [3.8, 4) is 0 Å². The lowest BCUT2D eigenvalue weighted by Gasteiger charge is -2.30. The number of nitrogens with one attached hydrogen (secondary N) is 1. The Labute approximate surface area is 94.2 Å². The van der Waals surface area contributed by atoms with E-state index < -0.39 is 5.97 Å². The summed E-state index contributed by atoms with van der Waals surface area (Å²) in [5.41, 5.74) is 1.09. The Morgan fingerprint density at radius 3 is 2.81 bits per heavy atom. The molecule has 0 radical (unpaired) electrons. The maximum atomic E-state index is 10.6. The Morgan fingerprint density at radius 1 is 1.38 bits per heavy atom. The third-order valence-corrected chi connectivity index (χ3v) is 2.63. The predicted molar refractivity (Wildman–Crippen MR) is 59.2 cm³/mol. The van der Waals surface area contributed by atoms with Crippen molar-refractivity contribution >= 4 is 5.97 Å². The minimum absolute atomic E-state index is 0.0423. The summed E-state index contributed by atoms with van der Waals surface area (Å²) >= 11 is 0. The molecule has 1 aromatic rings. The summed E-state index contributed by atoms with van der Waals surface area (Å²) in [4.78, 5) is 10.6. The molecule has 0 aliphatic carbocycles. The number of benzene rings is 1. The minimum Gasteiger partial charge on any atom is -0.481 e. The highest BCUT2D eigenvalue weighted by atomic mass is 16.5. The van der Waals surface area contributed by atoms with Crippen LogP contribution < -0.4 is 5.32 Å². The molecule has 0 amide bonds. The molecule has 1 aliphatic rings. The molecule has 1 aliphatic heterocycles. The molecular weight excluding hydrogens is 206 g/mol. The third kappa shape index (κ3) is 2.81. The molecule has 16 heavy (non-hydrogen) atoms. The first kappa shape index (κ1) is 11.1. The van der Waals surface area contributed by atoms with E-state index in [9.17, 15) is 4.79 Å². The quantitative estimate of drug-likeness (QED) is 0.805. The zero-order valence-electron chi connectivity index (χ0n) is 8.93. The first-order valence-corrected chi connectivity index (χ1v) is 5.38. The van der Waals surface area contributed by atoms with Gasteiger partial charge in [-0.25, -0.2) is 0 Å². The zero-order chi connectivity index (χ0) is 11.4. The number of carboxylic acid groups (broad SMARTS) is 1. The maximum absolute atomic E-state index is 10.6. The summed E-state index contributed by atoms with van der Waals surface area (Å²) in [5, 5.41) is 11.9. The first-order valence-electron chi connectivity index (χ1n) is 5.38. The van der Waals surface area contributed by atoms with Crippen molar-refractivity contribution in [2.45, 2.75) is 18.6 Å².